The monoisotopic (exact) mass is 302 g/mol. The van der Waals surface area contributed by atoms with Crippen LogP contribution in [0.3, 0.4) is 0 Å². The van der Waals surface area contributed by atoms with Crippen molar-refractivity contribution in [3.8, 4) is 11.5 Å². The Hall–Kier alpha value is -0.930. The van der Waals surface area contributed by atoms with Gasteiger partial charge >= 0.3 is 0 Å². The Labute approximate surface area is 120 Å². The molecule has 0 aliphatic carbocycles. The lowest BCUT2D eigenvalue weighted by Gasteiger charge is -2.09. The summed E-state index contributed by atoms with van der Waals surface area (Å²) in [7, 11) is 0. The molecule has 0 aliphatic heterocycles. The largest absolute Gasteiger partial charge is 0.456 e. The number of ether oxygens (including phenoxy) is 1. The van der Waals surface area contributed by atoms with E-state index in [9.17, 15) is 0 Å². The number of hydrogen-bond acceptors (Lipinski definition) is 2. The van der Waals surface area contributed by atoms with Gasteiger partial charge in [0.05, 0.1) is 11.6 Å². The topological polar surface area (TPSA) is 29.5 Å². The van der Waals surface area contributed by atoms with Crippen molar-refractivity contribution in [3.63, 3.8) is 0 Å². The summed E-state index contributed by atoms with van der Waals surface area (Å²) in [5.74, 6) is 0.985. The molecule has 0 heterocycles. The molecule has 2 rings (SSSR count). The minimum atomic E-state index is -0.0665. The summed E-state index contributed by atoms with van der Waals surface area (Å²) in [6, 6.07) is 9.96. The van der Waals surface area contributed by atoms with Gasteiger partial charge in [-0.25, -0.2) is 0 Å². The lowest BCUT2D eigenvalue weighted by molar-refractivity contribution is 0.281. The quantitative estimate of drug-likeness (QED) is 0.871. The Morgan fingerprint density at radius 3 is 2.17 bits per heavy atom. The summed E-state index contributed by atoms with van der Waals surface area (Å²) in [5, 5.41) is 10.4. The first-order valence-electron chi connectivity index (χ1n) is 5.12. The molecule has 0 aliphatic rings. The standard InChI is InChI=1S/C13H9Cl3O2/c14-9-4-10(15)6-11(5-9)18-13-2-1-8(7-17)3-12(13)16/h1-6,17H,7H2. The molecule has 0 spiro atoms. The highest BCUT2D eigenvalue weighted by Gasteiger charge is 2.06. The molecule has 94 valence electrons. The fourth-order valence-electron chi connectivity index (χ4n) is 1.44. The van der Waals surface area contributed by atoms with Crippen LogP contribution in [0.2, 0.25) is 15.1 Å². The maximum Gasteiger partial charge on any atom is 0.146 e. The van der Waals surface area contributed by atoms with Crippen molar-refractivity contribution in [2.75, 3.05) is 0 Å². The van der Waals surface area contributed by atoms with Crippen LogP contribution in [0.25, 0.3) is 0 Å². The Bertz CT molecular complexity index is 550. The zero-order valence-corrected chi connectivity index (χ0v) is 11.4. The van der Waals surface area contributed by atoms with Crippen LogP contribution in [0.1, 0.15) is 5.56 Å². The van der Waals surface area contributed by atoms with E-state index >= 15 is 0 Å². The fourth-order valence-corrected chi connectivity index (χ4v) is 2.19. The van der Waals surface area contributed by atoms with Gasteiger partial charge in [-0.2, -0.15) is 0 Å². The Balaban J connectivity index is 2.28. The van der Waals surface area contributed by atoms with E-state index in [1.54, 1.807) is 36.4 Å². The third kappa shape index (κ3) is 3.30. The molecule has 1 N–H and O–H groups in total. The van der Waals surface area contributed by atoms with Crippen LogP contribution in [-0.4, -0.2) is 5.11 Å². The summed E-state index contributed by atoms with van der Waals surface area (Å²) in [6.45, 7) is -0.0665. The van der Waals surface area contributed by atoms with Gasteiger partial charge in [-0.3, -0.25) is 0 Å². The SMILES string of the molecule is OCc1ccc(Oc2cc(Cl)cc(Cl)c2)c(Cl)c1. The van der Waals surface area contributed by atoms with E-state index in [1.165, 1.54) is 0 Å². The second-order valence-corrected chi connectivity index (χ2v) is 4.91. The van der Waals surface area contributed by atoms with Crippen molar-refractivity contribution in [1.29, 1.82) is 0 Å². The van der Waals surface area contributed by atoms with E-state index in [-0.39, 0.29) is 6.61 Å². The average Bonchev–Trinajstić information content (AvgIpc) is 2.30. The molecule has 0 fully saturated rings. The minimum absolute atomic E-state index is 0.0665. The van der Waals surface area contributed by atoms with Gasteiger partial charge < -0.3 is 9.84 Å². The molecule has 0 saturated carbocycles. The number of halogens is 3. The molecule has 18 heavy (non-hydrogen) atoms. The van der Waals surface area contributed by atoms with Crippen LogP contribution in [-0.2, 0) is 6.61 Å². The molecular formula is C13H9Cl3O2. The first-order valence-corrected chi connectivity index (χ1v) is 6.25. The van der Waals surface area contributed by atoms with Crippen LogP contribution in [0, 0.1) is 0 Å². The van der Waals surface area contributed by atoms with Crippen molar-refractivity contribution in [2.45, 2.75) is 6.61 Å². The predicted molar refractivity (Wildman–Crippen MR) is 73.9 cm³/mol. The lowest BCUT2D eigenvalue weighted by atomic mass is 10.2. The Kier molecular flexibility index (Phi) is 4.36. The highest BCUT2D eigenvalue weighted by atomic mass is 35.5. The molecule has 5 heteroatoms. The highest BCUT2D eigenvalue weighted by molar-refractivity contribution is 6.34. The number of rotatable bonds is 3. The van der Waals surface area contributed by atoms with Gasteiger partial charge in [0.15, 0.2) is 0 Å². The summed E-state index contributed by atoms with van der Waals surface area (Å²) in [6.07, 6.45) is 0. The van der Waals surface area contributed by atoms with E-state index in [0.717, 1.165) is 5.56 Å². The zero-order valence-electron chi connectivity index (χ0n) is 9.16. The van der Waals surface area contributed by atoms with Gasteiger partial charge in [0.2, 0.25) is 0 Å². The Morgan fingerprint density at radius 1 is 0.944 bits per heavy atom. The zero-order chi connectivity index (χ0) is 13.1. The smallest absolute Gasteiger partial charge is 0.146 e. The van der Waals surface area contributed by atoms with Crippen LogP contribution in [0.15, 0.2) is 36.4 Å². The summed E-state index contributed by atoms with van der Waals surface area (Å²) >= 11 is 17.8. The number of hydrogen-bond donors (Lipinski definition) is 1. The summed E-state index contributed by atoms with van der Waals surface area (Å²) in [4.78, 5) is 0. The van der Waals surface area contributed by atoms with Crippen molar-refractivity contribution >= 4 is 34.8 Å². The van der Waals surface area contributed by atoms with Gasteiger partial charge in [-0.05, 0) is 35.9 Å². The lowest BCUT2D eigenvalue weighted by Crippen LogP contribution is -1.88. The maximum atomic E-state index is 8.98. The average molecular weight is 304 g/mol. The van der Waals surface area contributed by atoms with Gasteiger partial charge in [-0.1, -0.05) is 40.9 Å². The van der Waals surface area contributed by atoms with Crippen molar-refractivity contribution in [3.05, 3.63) is 57.0 Å². The molecule has 2 nitrogen and oxygen atoms in total. The first kappa shape index (κ1) is 13.5. The van der Waals surface area contributed by atoms with Gasteiger partial charge in [0.1, 0.15) is 11.5 Å². The van der Waals surface area contributed by atoms with E-state index in [2.05, 4.69) is 0 Å². The number of aliphatic hydroxyl groups is 1. The fraction of sp³-hybridized carbons (Fsp3) is 0.0769. The normalized spacial score (nSPS) is 10.4. The molecule has 0 aromatic heterocycles. The maximum absolute atomic E-state index is 8.98. The third-order valence-electron chi connectivity index (χ3n) is 2.24. The van der Waals surface area contributed by atoms with E-state index in [1.807, 2.05) is 0 Å². The van der Waals surface area contributed by atoms with Crippen LogP contribution < -0.4 is 4.74 Å². The Morgan fingerprint density at radius 2 is 1.61 bits per heavy atom. The number of aliphatic hydroxyl groups excluding tert-OH is 1. The van der Waals surface area contributed by atoms with Crippen LogP contribution >= 0.6 is 34.8 Å². The molecular weight excluding hydrogens is 294 g/mol. The molecule has 0 unspecified atom stereocenters. The van der Waals surface area contributed by atoms with Gasteiger partial charge in [-0.15, -0.1) is 0 Å². The van der Waals surface area contributed by atoms with E-state index < -0.39 is 0 Å². The van der Waals surface area contributed by atoms with Crippen LogP contribution in [0.5, 0.6) is 11.5 Å². The molecule has 0 amide bonds. The molecule has 0 saturated heterocycles. The molecule has 0 atom stereocenters. The predicted octanol–water partition coefficient (Wildman–Crippen LogP) is 4.93. The second-order valence-electron chi connectivity index (χ2n) is 3.63. The van der Waals surface area contributed by atoms with Crippen molar-refractivity contribution in [1.82, 2.24) is 0 Å². The molecule has 2 aromatic carbocycles. The van der Waals surface area contributed by atoms with Gasteiger partial charge in [0.25, 0.3) is 0 Å². The second kappa shape index (κ2) is 5.81. The van der Waals surface area contributed by atoms with Gasteiger partial charge in [0, 0.05) is 10.0 Å². The first-order chi connectivity index (χ1) is 8.58. The summed E-state index contributed by atoms with van der Waals surface area (Å²) < 4.78 is 5.59. The molecule has 2 aromatic rings. The molecule has 0 radical (unpaired) electrons. The van der Waals surface area contributed by atoms with Crippen LogP contribution in [0.4, 0.5) is 0 Å². The number of benzene rings is 2. The van der Waals surface area contributed by atoms with Crippen molar-refractivity contribution < 1.29 is 9.84 Å². The van der Waals surface area contributed by atoms with Crippen molar-refractivity contribution in [2.24, 2.45) is 0 Å². The molecule has 0 bridgehead atoms. The van der Waals surface area contributed by atoms with E-state index in [4.69, 9.17) is 44.6 Å². The van der Waals surface area contributed by atoms with E-state index in [0.29, 0.717) is 26.6 Å². The third-order valence-corrected chi connectivity index (χ3v) is 2.97. The minimum Gasteiger partial charge on any atom is -0.456 e. The highest BCUT2D eigenvalue weighted by Crippen LogP contribution is 2.32. The summed E-state index contributed by atoms with van der Waals surface area (Å²) in [5.41, 5.74) is 0.719.